The fraction of sp³-hybridized carbons (Fsp3) is 0.158. The van der Waals surface area contributed by atoms with E-state index in [0.29, 0.717) is 13.1 Å². The van der Waals surface area contributed by atoms with Gasteiger partial charge in [-0.1, -0.05) is 24.3 Å². The number of nitrogens with zero attached hydrogens (tertiary/aromatic N) is 2. The first-order chi connectivity index (χ1) is 12.2. The molecule has 1 heterocycles. The molecule has 0 unspecified atom stereocenters. The van der Waals surface area contributed by atoms with Crippen LogP contribution in [0.3, 0.4) is 0 Å². The van der Waals surface area contributed by atoms with E-state index in [9.17, 15) is 9.18 Å². The Morgan fingerprint density at radius 1 is 1.24 bits per heavy atom. The van der Waals surface area contributed by atoms with Crippen LogP contribution in [0.15, 0.2) is 53.9 Å². The van der Waals surface area contributed by atoms with Crippen molar-refractivity contribution in [2.24, 2.45) is 0 Å². The number of hydrogen-bond donors (Lipinski definition) is 1. The Balaban J connectivity index is 1.68. The van der Waals surface area contributed by atoms with Crippen LogP contribution in [0.5, 0.6) is 0 Å². The summed E-state index contributed by atoms with van der Waals surface area (Å²) in [4.78, 5) is 17.1. The number of aromatic nitrogens is 1. The molecule has 2 aromatic carbocycles. The van der Waals surface area contributed by atoms with E-state index in [4.69, 9.17) is 0 Å². The number of carbonyl (C=O) groups is 1. The van der Waals surface area contributed by atoms with Crippen LogP contribution in [0.1, 0.15) is 12.5 Å². The van der Waals surface area contributed by atoms with Gasteiger partial charge < -0.3 is 10.2 Å². The molecule has 6 heteroatoms. The van der Waals surface area contributed by atoms with Crippen LogP contribution in [-0.2, 0) is 11.3 Å². The summed E-state index contributed by atoms with van der Waals surface area (Å²) in [5, 5.41) is 5.89. The zero-order chi connectivity index (χ0) is 17.6. The molecule has 0 radical (unpaired) electrons. The number of halogens is 1. The molecule has 128 valence electrons. The van der Waals surface area contributed by atoms with Gasteiger partial charge in [0.05, 0.1) is 5.69 Å². The third kappa shape index (κ3) is 4.42. The molecule has 1 amide bonds. The second-order valence-electron chi connectivity index (χ2n) is 5.54. The molecule has 0 saturated heterocycles. The van der Waals surface area contributed by atoms with Crippen LogP contribution in [0.4, 0.5) is 15.2 Å². The van der Waals surface area contributed by atoms with Crippen molar-refractivity contribution in [2.45, 2.75) is 13.5 Å². The Hall–Kier alpha value is -2.73. The Morgan fingerprint density at radius 3 is 2.72 bits per heavy atom. The monoisotopic (exact) mass is 355 g/mol. The minimum atomic E-state index is -0.271. The molecule has 0 spiro atoms. The molecule has 0 aliphatic carbocycles. The zero-order valence-corrected chi connectivity index (χ0v) is 14.6. The van der Waals surface area contributed by atoms with E-state index in [0.717, 1.165) is 34.0 Å². The Morgan fingerprint density at radius 2 is 2.04 bits per heavy atom. The van der Waals surface area contributed by atoms with Crippen molar-refractivity contribution in [1.29, 1.82) is 0 Å². The first-order valence-electron chi connectivity index (χ1n) is 7.94. The molecule has 0 saturated carbocycles. The number of nitrogens with one attached hydrogen (secondary N) is 1. The van der Waals surface area contributed by atoms with E-state index in [1.807, 2.05) is 42.6 Å². The number of thiazole rings is 1. The second kappa shape index (κ2) is 7.90. The summed E-state index contributed by atoms with van der Waals surface area (Å²) < 4.78 is 13.3. The van der Waals surface area contributed by atoms with Crippen molar-refractivity contribution < 1.29 is 9.18 Å². The van der Waals surface area contributed by atoms with Crippen molar-refractivity contribution in [3.63, 3.8) is 0 Å². The number of amides is 1. The van der Waals surface area contributed by atoms with Crippen molar-refractivity contribution >= 4 is 28.6 Å². The van der Waals surface area contributed by atoms with E-state index >= 15 is 0 Å². The lowest BCUT2D eigenvalue weighted by Gasteiger charge is -2.14. The summed E-state index contributed by atoms with van der Waals surface area (Å²) in [7, 11) is 0. The topological polar surface area (TPSA) is 45.2 Å². The summed E-state index contributed by atoms with van der Waals surface area (Å²) >= 11 is 1.47. The van der Waals surface area contributed by atoms with E-state index in [1.54, 1.807) is 11.0 Å². The normalized spacial score (nSPS) is 10.5. The van der Waals surface area contributed by atoms with Crippen LogP contribution in [0.25, 0.3) is 11.3 Å². The van der Waals surface area contributed by atoms with Gasteiger partial charge in [0.2, 0.25) is 6.41 Å². The Bertz CT molecular complexity index is 848. The number of anilines is 2. The molecule has 0 bridgehead atoms. The van der Waals surface area contributed by atoms with Gasteiger partial charge in [0.1, 0.15) is 5.82 Å². The van der Waals surface area contributed by atoms with E-state index in [-0.39, 0.29) is 5.82 Å². The standard InChI is InChI=1S/C19H18FN3OS/c1-2-23(13-24)11-14-6-8-17(9-7-14)21-19-22-18(12-25-19)15-4-3-5-16(20)10-15/h3-10,12-13H,2,11H2,1H3,(H,21,22). The van der Waals surface area contributed by atoms with Gasteiger partial charge in [0.15, 0.2) is 5.13 Å². The molecule has 1 N–H and O–H groups in total. The Labute approximate surface area is 150 Å². The van der Waals surface area contributed by atoms with Gasteiger partial charge in [-0.25, -0.2) is 9.37 Å². The largest absolute Gasteiger partial charge is 0.341 e. The van der Waals surface area contributed by atoms with Crippen LogP contribution < -0.4 is 5.32 Å². The van der Waals surface area contributed by atoms with Crippen LogP contribution in [-0.4, -0.2) is 22.8 Å². The van der Waals surface area contributed by atoms with Gasteiger partial charge >= 0.3 is 0 Å². The molecule has 25 heavy (non-hydrogen) atoms. The predicted octanol–water partition coefficient (Wildman–Crippen LogP) is 4.67. The van der Waals surface area contributed by atoms with Gasteiger partial charge in [-0.05, 0) is 36.8 Å². The van der Waals surface area contributed by atoms with Gasteiger partial charge in [-0.2, -0.15) is 0 Å². The van der Waals surface area contributed by atoms with Gasteiger partial charge in [0, 0.05) is 29.7 Å². The van der Waals surface area contributed by atoms with Crippen LogP contribution >= 0.6 is 11.3 Å². The smallest absolute Gasteiger partial charge is 0.209 e. The van der Waals surface area contributed by atoms with Crippen molar-refractivity contribution in [3.05, 3.63) is 65.3 Å². The highest BCUT2D eigenvalue weighted by molar-refractivity contribution is 7.14. The molecule has 3 rings (SSSR count). The first kappa shape index (κ1) is 17.1. The SMILES string of the molecule is CCN(C=O)Cc1ccc(Nc2nc(-c3cccc(F)c3)cs2)cc1. The third-order valence-corrected chi connectivity index (χ3v) is 4.53. The average Bonchev–Trinajstić information content (AvgIpc) is 3.09. The molecule has 4 nitrogen and oxygen atoms in total. The van der Waals surface area contributed by atoms with E-state index in [1.165, 1.54) is 23.5 Å². The minimum Gasteiger partial charge on any atom is -0.341 e. The summed E-state index contributed by atoms with van der Waals surface area (Å²) in [6, 6.07) is 14.3. The fourth-order valence-electron chi connectivity index (χ4n) is 2.39. The number of hydrogen-bond acceptors (Lipinski definition) is 4. The third-order valence-electron chi connectivity index (χ3n) is 3.77. The molecule has 1 aromatic heterocycles. The average molecular weight is 355 g/mol. The highest BCUT2D eigenvalue weighted by Crippen LogP contribution is 2.27. The number of carbonyl (C=O) groups excluding carboxylic acids is 1. The van der Waals surface area contributed by atoms with E-state index < -0.39 is 0 Å². The highest BCUT2D eigenvalue weighted by Gasteiger charge is 2.06. The lowest BCUT2D eigenvalue weighted by Crippen LogP contribution is -2.20. The van der Waals surface area contributed by atoms with Crippen molar-refractivity contribution in [2.75, 3.05) is 11.9 Å². The summed E-state index contributed by atoms with van der Waals surface area (Å²) in [6.07, 6.45) is 0.857. The van der Waals surface area contributed by atoms with Crippen molar-refractivity contribution in [3.8, 4) is 11.3 Å². The molecular weight excluding hydrogens is 337 g/mol. The van der Waals surface area contributed by atoms with Crippen LogP contribution in [0.2, 0.25) is 0 Å². The lowest BCUT2D eigenvalue weighted by molar-refractivity contribution is -0.118. The Kier molecular flexibility index (Phi) is 5.40. The van der Waals surface area contributed by atoms with Gasteiger partial charge in [-0.15, -0.1) is 11.3 Å². The maximum absolute atomic E-state index is 13.3. The molecule has 0 atom stereocenters. The first-order valence-corrected chi connectivity index (χ1v) is 8.82. The molecule has 0 aliphatic rings. The predicted molar refractivity (Wildman–Crippen MR) is 99.4 cm³/mol. The second-order valence-corrected chi connectivity index (χ2v) is 6.40. The van der Waals surface area contributed by atoms with Gasteiger partial charge in [-0.3, -0.25) is 4.79 Å². The molecular formula is C19H18FN3OS. The number of rotatable bonds is 7. The maximum atomic E-state index is 13.3. The van der Waals surface area contributed by atoms with Crippen molar-refractivity contribution in [1.82, 2.24) is 9.88 Å². The lowest BCUT2D eigenvalue weighted by atomic mass is 10.2. The molecule has 3 aromatic rings. The summed E-state index contributed by atoms with van der Waals surface area (Å²) in [5.41, 5.74) is 3.48. The minimum absolute atomic E-state index is 0.271. The molecule has 0 fully saturated rings. The summed E-state index contributed by atoms with van der Waals surface area (Å²) in [6.45, 7) is 3.23. The molecule has 0 aliphatic heterocycles. The number of benzene rings is 2. The fourth-order valence-corrected chi connectivity index (χ4v) is 3.13. The van der Waals surface area contributed by atoms with Crippen LogP contribution in [0, 0.1) is 5.82 Å². The summed E-state index contributed by atoms with van der Waals surface area (Å²) in [5.74, 6) is -0.271. The van der Waals surface area contributed by atoms with Gasteiger partial charge in [0.25, 0.3) is 0 Å². The quantitative estimate of drug-likeness (QED) is 0.626. The van der Waals surface area contributed by atoms with E-state index in [2.05, 4.69) is 10.3 Å². The highest BCUT2D eigenvalue weighted by atomic mass is 32.1. The zero-order valence-electron chi connectivity index (χ0n) is 13.8. The maximum Gasteiger partial charge on any atom is 0.209 e.